The third-order valence-electron chi connectivity index (χ3n) is 1.94. The van der Waals surface area contributed by atoms with Gasteiger partial charge in [-0.1, -0.05) is 13.8 Å². The first-order valence-electron chi connectivity index (χ1n) is 4.71. The molecule has 0 fully saturated rings. The van der Waals surface area contributed by atoms with Gasteiger partial charge in [0.2, 0.25) is 0 Å². The summed E-state index contributed by atoms with van der Waals surface area (Å²) in [7, 11) is 1.98. The highest BCUT2D eigenvalue weighted by molar-refractivity contribution is 5.54. The van der Waals surface area contributed by atoms with E-state index in [1.54, 1.807) is 6.20 Å². The first-order valence-corrected chi connectivity index (χ1v) is 4.71. The first-order chi connectivity index (χ1) is 6.65. The Morgan fingerprint density at radius 3 is 2.86 bits per heavy atom. The zero-order chi connectivity index (χ0) is 10.6. The van der Waals surface area contributed by atoms with Gasteiger partial charge in [0.1, 0.15) is 6.07 Å². The molecule has 0 radical (unpaired) electrons. The summed E-state index contributed by atoms with van der Waals surface area (Å²) in [4.78, 5) is 6.09. The van der Waals surface area contributed by atoms with Crippen LogP contribution in [-0.4, -0.2) is 18.6 Å². The summed E-state index contributed by atoms with van der Waals surface area (Å²) in [6, 6.07) is 5.88. The van der Waals surface area contributed by atoms with Crippen molar-refractivity contribution in [1.82, 2.24) is 4.98 Å². The van der Waals surface area contributed by atoms with Crippen LogP contribution in [0, 0.1) is 17.2 Å². The molecule has 0 saturated heterocycles. The topological polar surface area (TPSA) is 39.9 Å². The van der Waals surface area contributed by atoms with Crippen molar-refractivity contribution >= 4 is 5.69 Å². The summed E-state index contributed by atoms with van der Waals surface area (Å²) in [5, 5.41) is 8.86. The van der Waals surface area contributed by atoms with Crippen LogP contribution in [0.2, 0.25) is 0 Å². The Kier molecular flexibility index (Phi) is 3.47. The molecule has 0 aromatic carbocycles. The van der Waals surface area contributed by atoms with Crippen molar-refractivity contribution in [3.05, 3.63) is 24.0 Å². The molecule has 1 aromatic heterocycles. The molecule has 74 valence electrons. The molecule has 0 aliphatic heterocycles. The first kappa shape index (κ1) is 10.5. The monoisotopic (exact) mass is 189 g/mol. The Balaban J connectivity index is 2.89. The van der Waals surface area contributed by atoms with E-state index in [1.165, 1.54) is 0 Å². The minimum absolute atomic E-state index is 0.496. The van der Waals surface area contributed by atoms with Crippen LogP contribution in [0.25, 0.3) is 0 Å². The van der Waals surface area contributed by atoms with Gasteiger partial charge in [-0.3, -0.25) is 0 Å². The molecule has 0 aliphatic carbocycles. The normalized spacial score (nSPS) is 9.93. The Hall–Kier alpha value is -1.56. The smallest absolute Gasteiger partial charge is 0.163 e. The lowest BCUT2D eigenvalue weighted by atomic mass is 10.2. The Morgan fingerprint density at radius 2 is 2.29 bits per heavy atom. The number of anilines is 1. The van der Waals surface area contributed by atoms with Crippen molar-refractivity contribution in [1.29, 1.82) is 5.26 Å². The molecule has 0 aliphatic rings. The molecule has 3 nitrogen and oxygen atoms in total. The molecular formula is C11H15N3. The highest BCUT2D eigenvalue weighted by Crippen LogP contribution is 2.16. The molecule has 3 heteroatoms. The lowest BCUT2D eigenvalue weighted by molar-refractivity contribution is 0.637. The van der Waals surface area contributed by atoms with Crippen molar-refractivity contribution in [3.8, 4) is 6.07 Å². The third-order valence-corrected chi connectivity index (χ3v) is 1.94. The molecule has 1 rings (SSSR count). The van der Waals surface area contributed by atoms with Crippen molar-refractivity contribution in [3.63, 3.8) is 0 Å². The number of hydrogen-bond donors (Lipinski definition) is 0. The van der Waals surface area contributed by atoms with Gasteiger partial charge >= 0.3 is 0 Å². The van der Waals surface area contributed by atoms with Gasteiger partial charge in [-0.25, -0.2) is 4.98 Å². The van der Waals surface area contributed by atoms with Crippen LogP contribution in [0.15, 0.2) is 18.3 Å². The summed E-state index contributed by atoms with van der Waals surface area (Å²) in [5.74, 6) is 0.576. The van der Waals surface area contributed by atoms with E-state index in [1.807, 2.05) is 19.2 Å². The number of nitrogens with zero attached hydrogens (tertiary/aromatic N) is 3. The second kappa shape index (κ2) is 4.61. The molecule has 0 spiro atoms. The standard InChI is InChI=1S/C11H15N3/c1-9(2)8-14(3)11-5-4-6-13-10(11)7-12/h4-6,9H,8H2,1-3H3. The minimum atomic E-state index is 0.496. The second-order valence-electron chi connectivity index (χ2n) is 3.76. The van der Waals surface area contributed by atoms with Crippen LogP contribution >= 0.6 is 0 Å². The summed E-state index contributed by atoms with van der Waals surface area (Å²) in [6.07, 6.45) is 1.64. The summed E-state index contributed by atoms with van der Waals surface area (Å²) in [5.41, 5.74) is 1.40. The van der Waals surface area contributed by atoms with Crippen LogP contribution in [0.5, 0.6) is 0 Å². The van der Waals surface area contributed by atoms with Crippen molar-refractivity contribution in [2.24, 2.45) is 5.92 Å². The molecule has 1 aromatic rings. The van der Waals surface area contributed by atoms with E-state index in [4.69, 9.17) is 5.26 Å². The largest absolute Gasteiger partial charge is 0.372 e. The third kappa shape index (κ3) is 2.46. The fraction of sp³-hybridized carbons (Fsp3) is 0.455. The summed E-state index contributed by atoms with van der Waals surface area (Å²) in [6.45, 7) is 5.23. The average molecular weight is 189 g/mol. The quantitative estimate of drug-likeness (QED) is 0.730. The molecule has 0 N–H and O–H groups in total. The lowest BCUT2D eigenvalue weighted by Gasteiger charge is -2.21. The highest BCUT2D eigenvalue weighted by Gasteiger charge is 2.08. The molecule has 0 saturated carbocycles. The Labute approximate surface area is 85.0 Å². The molecule has 14 heavy (non-hydrogen) atoms. The average Bonchev–Trinajstić information content (AvgIpc) is 2.16. The fourth-order valence-corrected chi connectivity index (χ4v) is 1.44. The van der Waals surface area contributed by atoms with E-state index in [2.05, 4.69) is 29.8 Å². The van der Waals surface area contributed by atoms with E-state index < -0.39 is 0 Å². The maximum atomic E-state index is 8.86. The molecule has 0 amide bonds. The van der Waals surface area contributed by atoms with Gasteiger partial charge in [-0.2, -0.15) is 5.26 Å². The van der Waals surface area contributed by atoms with Crippen molar-refractivity contribution < 1.29 is 0 Å². The lowest BCUT2D eigenvalue weighted by Crippen LogP contribution is -2.23. The predicted octanol–water partition coefficient (Wildman–Crippen LogP) is 2.05. The predicted molar refractivity (Wildman–Crippen MR) is 57.1 cm³/mol. The van der Waals surface area contributed by atoms with Crippen LogP contribution in [0.3, 0.4) is 0 Å². The van der Waals surface area contributed by atoms with E-state index in [9.17, 15) is 0 Å². The van der Waals surface area contributed by atoms with Gasteiger partial charge < -0.3 is 4.90 Å². The van der Waals surface area contributed by atoms with Gasteiger partial charge in [0.15, 0.2) is 5.69 Å². The molecule has 1 heterocycles. The minimum Gasteiger partial charge on any atom is -0.372 e. The van der Waals surface area contributed by atoms with E-state index >= 15 is 0 Å². The second-order valence-corrected chi connectivity index (χ2v) is 3.76. The number of aromatic nitrogens is 1. The maximum absolute atomic E-state index is 8.86. The van der Waals surface area contributed by atoms with Gasteiger partial charge in [-0.15, -0.1) is 0 Å². The van der Waals surface area contributed by atoms with Crippen LogP contribution in [0.1, 0.15) is 19.5 Å². The molecular weight excluding hydrogens is 174 g/mol. The van der Waals surface area contributed by atoms with Crippen LogP contribution < -0.4 is 4.90 Å². The van der Waals surface area contributed by atoms with Crippen molar-refractivity contribution in [2.75, 3.05) is 18.5 Å². The summed E-state index contributed by atoms with van der Waals surface area (Å²) >= 11 is 0. The zero-order valence-electron chi connectivity index (χ0n) is 8.86. The number of rotatable bonds is 3. The fourth-order valence-electron chi connectivity index (χ4n) is 1.44. The Bertz CT molecular complexity index is 339. The van der Waals surface area contributed by atoms with E-state index in [-0.39, 0.29) is 0 Å². The van der Waals surface area contributed by atoms with Crippen LogP contribution in [0.4, 0.5) is 5.69 Å². The van der Waals surface area contributed by atoms with Gasteiger partial charge in [0.25, 0.3) is 0 Å². The molecule has 0 bridgehead atoms. The van der Waals surface area contributed by atoms with Crippen molar-refractivity contribution in [2.45, 2.75) is 13.8 Å². The molecule has 0 unspecified atom stereocenters. The highest BCUT2D eigenvalue weighted by atomic mass is 15.1. The maximum Gasteiger partial charge on any atom is 0.163 e. The van der Waals surface area contributed by atoms with Gasteiger partial charge in [-0.05, 0) is 18.1 Å². The Morgan fingerprint density at radius 1 is 1.57 bits per heavy atom. The van der Waals surface area contributed by atoms with Gasteiger partial charge in [0, 0.05) is 19.8 Å². The van der Waals surface area contributed by atoms with Crippen LogP contribution in [-0.2, 0) is 0 Å². The number of nitriles is 1. The number of pyridine rings is 1. The van der Waals surface area contributed by atoms with Gasteiger partial charge in [0.05, 0.1) is 5.69 Å². The summed E-state index contributed by atoms with van der Waals surface area (Å²) < 4.78 is 0. The number of hydrogen-bond acceptors (Lipinski definition) is 3. The SMILES string of the molecule is CC(C)CN(C)c1cccnc1C#N. The zero-order valence-corrected chi connectivity index (χ0v) is 8.86. The van der Waals surface area contributed by atoms with E-state index in [0.717, 1.165) is 12.2 Å². The van der Waals surface area contributed by atoms with E-state index in [0.29, 0.717) is 11.6 Å². The molecule has 0 atom stereocenters.